The smallest absolute Gasteiger partial charge is 0.323 e. The van der Waals surface area contributed by atoms with Crippen molar-refractivity contribution >= 4 is 5.97 Å². The second-order valence-corrected chi connectivity index (χ2v) is 3.90. The predicted octanol–water partition coefficient (Wildman–Crippen LogP) is 0.954. The average Bonchev–Trinajstić information content (AvgIpc) is 3.02. The normalized spacial score (nSPS) is 17.5. The van der Waals surface area contributed by atoms with Gasteiger partial charge in [0.05, 0.1) is 6.61 Å². The Kier molecular flexibility index (Phi) is 5.65. The van der Waals surface area contributed by atoms with E-state index in [9.17, 15) is 4.79 Å². The summed E-state index contributed by atoms with van der Waals surface area (Å²) >= 11 is 0. The zero-order valence-electron chi connectivity index (χ0n) is 9.62. The molecule has 4 nitrogen and oxygen atoms in total. The molecule has 1 atom stereocenters. The summed E-state index contributed by atoms with van der Waals surface area (Å²) in [6.45, 7) is 3.72. The van der Waals surface area contributed by atoms with Crippen LogP contribution in [-0.4, -0.2) is 38.9 Å². The van der Waals surface area contributed by atoms with E-state index in [1.54, 1.807) is 7.05 Å². The molecule has 1 fully saturated rings. The third kappa shape index (κ3) is 5.14. The predicted molar refractivity (Wildman–Crippen MR) is 57.6 cm³/mol. The second kappa shape index (κ2) is 6.80. The van der Waals surface area contributed by atoms with E-state index >= 15 is 0 Å². The molecule has 4 heteroatoms. The third-order valence-corrected chi connectivity index (χ3v) is 2.52. The lowest BCUT2D eigenvalue weighted by atomic mass is 10.2. The Morgan fingerprint density at radius 1 is 1.53 bits per heavy atom. The van der Waals surface area contributed by atoms with Crippen molar-refractivity contribution < 1.29 is 14.3 Å². The molecule has 0 heterocycles. The van der Waals surface area contributed by atoms with Gasteiger partial charge in [0.1, 0.15) is 6.04 Å². The molecule has 88 valence electrons. The third-order valence-electron chi connectivity index (χ3n) is 2.52. The number of hydrogen-bond donors (Lipinski definition) is 1. The molecule has 0 amide bonds. The summed E-state index contributed by atoms with van der Waals surface area (Å²) in [6.07, 6.45) is 3.28. The molecule has 1 saturated carbocycles. The van der Waals surface area contributed by atoms with Gasteiger partial charge in [-0.2, -0.15) is 0 Å². The molecule has 1 rings (SSSR count). The van der Waals surface area contributed by atoms with Gasteiger partial charge in [-0.25, -0.2) is 0 Å². The number of nitrogens with one attached hydrogen (secondary N) is 1. The molecular weight excluding hydrogens is 194 g/mol. The van der Waals surface area contributed by atoms with E-state index in [0.29, 0.717) is 19.6 Å². The minimum atomic E-state index is -0.232. The van der Waals surface area contributed by atoms with Crippen molar-refractivity contribution in [3.8, 4) is 0 Å². The van der Waals surface area contributed by atoms with Crippen LogP contribution in [0.4, 0.5) is 0 Å². The lowest BCUT2D eigenvalue weighted by molar-refractivity contribution is -0.146. The maximum absolute atomic E-state index is 11.4. The zero-order valence-corrected chi connectivity index (χ0v) is 9.62. The first-order valence-corrected chi connectivity index (χ1v) is 5.69. The standard InChI is InChI=1S/C11H21NO3/c1-3-15-11(13)10(12-2)6-7-14-8-9-4-5-9/h9-10,12H,3-8H2,1-2H3. The minimum Gasteiger partial charge on any atom is -0.465 e. The summed E-state index contributed by atoms with van der Waals surface area (Å²) in [5.74, 6) is 0.593. The monoisotopic (exact) mass is 215 g/mol. The van der Waals surface area contributed by atoms with E-state index in [1.807, 2.05) is 6.92 Å². The number of hydrogen-bond acceptors (Lipinski definition) is 4. The molecule has 15 heavy (non-hydrogen) atoms. The van der Waals surface area contributed by atoms with Crippen LogP contribution in [0.1, 0.15) is 26.2 Å². The molecule has 1 aliphatic carbocycles. The highest BCUT2D eigenvalue weighted by molar-refractivity contribution is 5.75. The molecule has 1 unspecified atom stereocenters. The molecule has 0 spiro atoms. The van der Waals surface area contributed by atoms with Crippen LogP contribution in [0.15, 0.2) is 0 Å². The molecule has 0 aromatic rings. The summed E-state index contributed by atoms with van der Waals surface area (Å²) in [5, 5.41) is 2.94. The SMILES string of the molecule is CCOC(=O)C(CCOCC1CC1)NC. The van der Waals surface area contributed by atoms with Crippen LogP contribution in [0.5, 0.6) is 0 Å². The highest BCUT2D eigenvalue weighted by Gasteiger charge is 2.22. The van der Waals surface area contributed by atoms with Gasteiger partial charge in [0.2, 0.25) is 0 Å². The number of ether oxygens (including phenoxy) is 2. The van der Waals surface area contributed by atoms with Crippen molar-refractivity contribution in [1.29, 1.82) is 0 Å². The fourth-order valence-electron chi connectivity index (χ4n) is 1.36. The van der Waals surface area contributed by atoms with E-state index in [1.165, 1.54) is 12.8 Å². The number of likely N-dealkylation sites (N-methyl/N-ethyl adjacent to an activating group) is 1. The molecule has 1 N–H and O–H groups in total. The number of carbonyl (C=O) groups is 1. The Balaban J connectivity index is 2.05. The van der Waals surface area contributed by atoms with Crippen LogP contribution < -0.4 is 5.32 Å². The van der Waals surface area contributed by atoms with Crippen LogP contribution >= 0.6 is 0 Å². The van der Waals surface area contributed by atoms with E-state index in [0.717, 1.165) is 12.5 Å². The molecule has 0 saturated heterocycles. The van der Waals surface area contributed by atoms with Crippen molar-refractivity contribution in [3.63, 3.8) is 0 Å². The first kappa shape index (κ1) is 12.5. The first-order chi connectivity index (χ1) is 7.27. The first-order valence-electron chi connectivity index (χ1n) is 5.69. The van der Waals surface area contributed by atoms with Crippen molar-refractivity contribution in [2.75, 3.05) is 26.9 Å². The Morgan fingerprint density at radius 3 is 2.80 bits per heavy atom. The van der Waals surface area contributed by atoms with Gasteiger partial charge in [-0.05, 0) is 39.2 Å². The van der Waals surface area contributed by atoms with Gasteiger partial charge in [-0.1, -0.05) is 0 Å². The Labute approximate surface area is 91.3 Å². The topological polar surface area (TPSA) is 47.6 Å². The Hall–Kier alpha value is -0.610. The quantitative estimate of drug-likeness (QED) is 0.484. The Morgan fingerprint density at radius 2 is 2.27 bits per heavy atom. The van der Waals surface area contributed by atoms with Crippen molar-refractivity contribution in [3.05, 3.63) is 0 Å². The van der Waals surface area contributed by atoms with E-state index in [4.69, 9.17) is 9.47 Å². The zero-order chi connectivity index (χ0) is 11.1. The van der Waals surface area contributed by atoms with Gasteiger partial charge in [0.25, 0.3) is 0 Å². The second-order valence-electron chi connectivity index (χ2n) is 3.90. The van der Waals surface area contributed by atoms with Crippen molar-refractivity contribution in [2.24, 2.45) is 5.92 Å². The van der Waals surface area contributed by atoms with Gasteiger partial charge in [-0.15, -0.1) is 0 Å². The van der Waals surface area contributed by atoms with Crippen molar-refractivity contribution in [1.82, 2.24) is 5.32 Å². The Bertz CT molecular complexity index is 192. The van der Waals surface area contributed by atoms with Gasteiger partial charge in [-0.3, -0.25) is 4.79 Å². The van der Waals surface area contributed by atoms with E-state index < -0.39 is 0 Å². The lowest BCUT2D eigenvalue weighted by Gasteiger charge is -2.14. The molecular formula is C11H21NO3. The van der Waals surface area contributed by atoms with Gasteiger partial charge >= 0.3 is 5.97 Å². The van der Waals surface area contributed by atoms with Crippen LogP contribution in [0, 0.1) is 5.92 Å². The molecule has 1 aliphatic rings. The lowest BCUT2D eigenvalue weighted by Crippen LogP contribution is -2.36. The fourth-order valence-corrected chi connectivity index (χ4v) is 1.36. The van der Waals surface area contributed by atoms with E-state index in [2.05, 4.69) is 5.32 Å². The summed E-state index contributed by atoms with van der Waals surface area (Å²) in [4.78, 5) is 11.4. The molecule has 0 radical (unpaired) electrons. The van der Waals surface area contributed by atoms with E-state index in [-0.39, 0.29) is 12.0 Å². The van der Waals surface area contributed by atoms with Gasteiger partial charge in [0.15, 0.2) is 0 Å². The summed E-state index contributed by atoms with van der Waals surface area (Å²) in [6, 6.07) is -0.232. The summed E-state index contributed by atoms with van der Waals surface area (Å²) in [7, 11) is 1.77. The van der Waals surface area contributed by atoms with Gasteiger partial charge < -0.3 is 14.8 Å². The number of carbonyl (C=O) groups excluding carboxylic acids is 1. The van der Waals surface area contributed by atoms with Crippen LogP contribution in [-0.2, 0) is 14.3 Å². The average molecular weight is 215 g/mol. The van der Waals surface area contributed by atoms with Crippen LogP contribution in [0.3, 0.4) is 0 Å². The number of esters is 1. The van der Waals surface area contributed by atoms with Gasteiger partial charge in [0, 0.05) is 13.2 Å². The maximum Gasteiger partial charge on any atom is 0.323 e. The molecule has 0 aliphatic heterocycles. The highest BCUT2D eigenvalue weighted by Crippen LogP contribution is 2.28. The van der Waals surface area contributed by atoms with Crippen LogP contribution in [0.25, 0.3) is 0 Å². The molecule has 0 aromatic heterocycles. The minimum absolute atomic E-state index is 0.185. The largest absolute Gasteiger partial charge is 0.465 e. The summed E-state index contributed by atoms with van der Waals surface area (Å²) in [5.41, 5.74) is 0. The maximum atomic E-state index is 11.4. The molecule has 0 bridgehead atoms. The van der Waals surface area contributed by atoms with Crippen LogP contribution in [0.2, 0.25) is 0 Å². The number of rotatable bonds is 8. The highest BCUT2D eigenvalue weighted by atomic mass is 16.5. The fraction of sp³-hybridized carbons (Fsp3) is 0.909. The summed E-state index contributed by atoms with van der Waals surface area (Å²) < 4.78 is 10.4. The van der Waals surface area contributed by atoms with Crippen molar-refractivity contribution in [2.45, 2.75) is 32.2 Å². The molecule has 0 aromatic carbocycles.